The Balaban J connectivity index is 2.07. The summed E-state index contributed by atoms with van der Waals surface area (Å²) in [6.07, 6.45) is 5.26. The third-order valence-corrected chi connectivity index (χ3v) is 3.10. The molecular weight excluding hydrogens is 311 g/mol. The van der Waals surface area contributed by atoms with Crippen molar-refractivity contribution in [2.75, 3.05) is 5.32 Å². The first-order chi connectivity index (χ1) is 9.13. The van der Waals surface area contributed by atoms with Gasteiger partial charge in [0.05, 0.1) is 5.69 Å². The molecule has 0 aliphatic rings. The van der Waals surface area contributed by atoms with Crippen molar-refractivity contribution in [1.82, 2.24) is 14.4 Å². The van der Waals surface area contributed by atoms with Crippen molar-refractivity contribution in [3.05, 3.63) is 52.8 Å². The van der Waals surface area contributed by atoms with Crippen LogP contribution in [0.15, 0.2) is 41.4 Å². The highest BCUT2D eigenvalue weighted by molar-refractivity contribution is 9.10. The molecule has 2 heterocycles. The molecule has 0 amide bonds. The SMILES string of the molecule is Cc1ccc(Nc2nc(Br)cn3ccnc23)c(F)c1. The Bertz CT molecular complexity index is 753. The van der Waals surface area contributed by atoms with E-state index >= 15 is 0 Å². The first kappa shape index (κ1) is 12.1. The number of nitrogens with one attached hydrogen (secondary N) is 1. The molecule has 0 bridgehead atoms. The highest BCUT2D eigenvalue weighted by atomic mass is 79.9. The fraction of sp³-hybridized carbons (Fsp3) is 0.0769. The van der Waals surface area contributed by atoms with Crippen molar-refractivity contribution in [1.29, 1.82) is 0 Å². The van der Waals surface area contributed by atoms with Gasteiger partial charge in [0.25, 0.3) is 0 Å². The van der Waals surface area contributed by atoms with Crippen molar-refractivity contribution in [3.63, 3.8) is 0 Å². The van der Waals surface area contributed by atoms with E-state index in [1.54, 1.807) is 24.7 Å². The standard InChI is InChI=1S/C13H10BrFN4/c1-8-2-3-10(9(15)6-8)17-12-13-16-4-5-19(13)7-11(14)18-12/h2-7H,1H3,(H,17,18). The minimum Gasteiger partial charge on any atom is -0.335 e. The second kappa shape index (κ2) is 4.62. The average molecular weight is 321 g/mol. The largest absolute Gasteiger partial charge is 0.335 e. The van der Waals surface area contributed by atoms with E-state index in [0.717, 1.165) is 5.56 Å². The molecule has 19 heavy (non-hydrogen) atoms. The Morgan fingerprint density at radius 3 is 3.00 bits per heavy atom. The molecule has 3 rings (SSSR count). The zero-order valence-electron chi connectivity index (χ0n) is 10.1. The zero-order chi connectivity index (χ0) is 13.4. The lowest BCUT2D eigenvalue weighted by Crippen LogP contribution is -2.00. The van der Waals surface area contributed by atoms with Crippen molar-refractivity contribution in [3.8, 4) is 0 Å². The van der Waals surface area contributed by atoms with Crippen LogP contribution in [0.25, 0.3) is 5.65 Å². The number of rotatable bonds is 2. The zero-order valence-corrected chi connectivity index (χ0v) is 11.6. The van der Waals surface area contributed by atoms with Gasteiger partial charge in [-0.25, -0.2) is 14.4 Å². The average Bonchev–Trinajstić information content (AvgIpc) is 2.80. The molecule has 0 radical (unpaired) electrons. The Morgan fingerprint density at radius 2 is 2.21 bits per heavy atom. The summed E-state index contributed by atoms with van der Waals surface area (Å²) in [7, 11) is 0. The molecule has 2 aromatic heterocycles. The first-order valence-corrected chi connectivity index (χ1v) is 6.45. The lowest BCUT2D eigenvalue weighted by atomic mass is 10.2. The fourth-order valence-electron chi connectivity index (χ4n) is 1.83. The summed E-state index contributed by atoms with van der Waals surface area (Å²) in [5.74, 6) is 0.189. The van der Waals surface area contributed by atoms with Crippen molar-refractivity contribution >= 4 is 33.1 Å². The van der Waals surface area contributed by atoms with E-state index in [9.17, 15) is 4.39 Å². The molecule has 0 aliphatic carbocycles. The molecule has 0 spiro atoms. The van der Waals surface area contributed by atoms with Gasteiger partial charge in [-0.3, -0.25) is 0 Å². The summed E-state index contributed by atoms with van der Waals surface area (Å²) in [6, 6.07) is 5.00. The summed E-state index contributed by atoms with van der Waals surface area (Å²) in [5, 5.41) is 2.97. The number of aryl methyl sites for hydroxylation is 1. The molecule has 6 heteroatoms. The predicted molar refractivity (Wildman–Crippen MR) is 75.1 cm³/mol. The number of halogens is 2. The van der Waals surface area contributed by atoms with Gasteiger partial charge in [0, 0.05) is 18.6 Å². The van der Waals surface area contributed by atoms with Crippen LogP contribution in [0, 0.1) is 12.7 Å². The van der Waals surface area contributed by atoms with E-state index < -0.39 is 0 Å². The highest BCUT2D eigenvalue weighted by Crippen LogP contribution is 2.23. The maximum Gasteiger partial charge on any atom is 0.180 e. The van der Waals surface area contributed by atoms with Crippen LogP contribution in [-0.2, 0) is 0 Å². The number of hydrogen-bond donors (Lipinski definition) is 1. The van der Waals surface area contributed by atoms with Gasteiger partial charge in [-0.05, 0) is 40.5 Å². The molecule has 4 nitrogen and oxygen atoms in total. The number of fused-ring (bicyclic) bond motifs is 1. The number of hydrogen-bond acceptors (Lipinski definition) is 3. The predicted octanol–water partition coefficient (Wildman–Crippen LogP) is 3.68. The molecule has 1 N–H and O–H groups in total. The fourth-order valence-corrected chi connectivity index (χ4v) is 2.23. The van der Waals surface area contributed by atoms with Crippen LogP contribution in [0.3, 0.4) is 0 Å². The maximum absolute atomic E-state index is 13.8. The lowest BCUT2D eigenvalue weighted by Gasteiger charge is -2.09. The molecule has 96 valence electrons. The molecule has 1 aromatic carbocycles. The number of aromatic nitrogens is 3. The van der Waals surface area contributed by atoms with Crippen LogP contribution in [0.2, 0.25) is 0 Å². The summed E-state index contributed by atoms with van der Waals surface area (Å²) >= 11 is 3.32. The summed E-state index contributed by atoms with van der Waals surface area (Å²) < 4.78 is 16.3. The molecule has 3 aromatic rings. The topological polar surface area (TPSA) is 42.2 Å². The van der Waals surface area contributed by atoms with Gasteiger partial charge in [-0.2, -0.15) is 0 Å². The Kier molecular flexibility index (Phi) is 2.94. The summed E-state index contributed by atoms with van der Waals surface area (Å²) in [4.78, 5) is 8.49. The van der Waals surface area contributed by atoms with Crippen molar-refractivity contribution < 1.29 is 4.39 Å². The molecule has 0 aliphatic heterocycles. The van der Waals surface area contributed by atoms with E-state index in [-0.39, 0.29) is 5.82 Å². The van der Waals surface area contributed by atoms with E-state index in [4.69, 9.17) is 0 Å². The number of anilines is 2. The number of imidazole rings is 1. The van der Waals surface area contributed by atoms with E-state index in [2.05, 4.69) is 31.2 Å². The number of benzene rings is 1. The quantitative estimate of drug-likeness (QED) is 0.783. The third kappa shape index (κ3) is 2.31. The van der Waals surface area contributed by atoms with E-state index in [1.807, 2.05) is 17.4 Å². The van der Waals surface area contributed by atoms with E-state index in [0.29, 0.717) is 21.8 Å². The van der Waals surface area contributed by atoms with Crippen molar-refractivity contribution in [2.24, 2.45) is 0 Å². The summed E-state index contributed by atoms with van der Waals surface area (Å²) in [6.45, 7) is 1.84. The van der Waals surface area contributed by atoms with Gasteiger partial charge in [-0.15, -0.1) is 0 Å². The van der Waals surface area contributed by atoms with Gasteiger partial charge < -0.3 is 9.72 Å². The van der Waals surface area contributed by atoms with Gasteiger partial charge >= 0.3 is 0 Å². The minimum absolute atomic E-state index is 0.313. The van der Waals surface area contributed by atoms with Crippen LogP contribution in [0.5, 0.6) is 0 Å². The molecule has 0 unspecified atom stereocenters. The Morgan fingerprint density at radius 1 is 1.37 bits per heavy atom. The molecule has 0 saturated carbocycles. The second-order valence-corrected chi connectivity index (χ2v) is 4.99. The van der Waals surface area contributed by atoms with Crippen LogP contribution < -0.4 is 5.32 Å². The first-order valence-electron chi connectivity index (χ1n) is 5.66. The molecule has 0 fully saturated rings. The molecular formula is C13H10BrFN4. The van der Waals surface area contributed by atoms with Gasteiger partial charge in [-0.1, -0.05) is 6.07 Å². The Labute approximate surface area is 117 Å². The van der Waals surface area contributed by atoms with Crippen LogP contribution in [-0.4, -0.2) is 14.4 Å². The van der Waals surface area contributed by atoms with Gasteiger partial charge in [0.1, 0.15) is 10.4 Å². The van der Waals surface area contributed by atoms with Crippen LogP contribution in [0.1, 0.15) is 5.56 Å². The van der Waals surface area contributed by atoms with Crippen LogP contribution >= 0.6 is 15.9 Å². The van der Waals surface area contributed by atoms with Crippen LogP contribution in [0.4, 0.5) is 15.9 Å². The van der Waals surface area contributed by atoms with Gasteiger partial charge in [0.2, 0.25) is 0 Å². The minimum atomic E-state index is -0.313. The summed E-state index contributed by atoms with van der Waals surface area (Å²) in [5.41, 5.74) is 1.89. The second-order valence-electron chi connectivity index (χ2n) is 4.18. The van der Waals surface area contributed by atoms with E-state index in [1.165, 1.54) is 6.07 Å². The maximum atomic E-state index is 13.8. The lowest BCUT2D eigenvalue weighted by molar-refractivity contribution is 0.630. The van der Waals surface area contributed by atoms with Crippen molar-refractivity contribution in [2.45, 2.75) is 6.92 Å². The molecule has 0 atom stereocenters. The van der Waals surface area contributed by atoms with Gasteiger partial charge in [0.15, 0.2) is 11.5 Å². The Hall–Kier alpha value is -1.95. The number of nitrogens with zero attached hydrogens (tertiary/aromatic N) is 3. The normalized spacial score (nSPS) is 10.9. The molecule has 0 saturated heterocycles. The monoisotopic (exact) mass is 320 g/mol. The highest BCUT2D eigenvalue weighted by Gasteiger charge is 2.09. The smallest absolute Gasteiger partial charge is 0.180 e. The third-order valence-electron chi connectivity index (χ3n) is 2.72.